The molecule has 4 rings (SSSR count). The van der Waals surface area contributed by atoms with Gasteiger partial charge in [-0.1, -0.05) is 38.1 Å². The lowest BCUT2D eigenvalue weighted by Crippen LogP contribution is -2.49. The summed E-state index contributed by atoms with van der Waals surface area (Å²) in [7, 11) is 0. The predicted octanol–water partition coefficient (Wildman–Crippen LogP) is 5.04. The van der Waals surface area contributed by atoms with Gasteiger partial charge in [-0.15, -0.1) is 0 Å². The lowest BCUT2D eigenvalue weighted by atomic mass is 9.90. The van der Waals surface area contributed by atoms with Crippen molar-refractivity contribution >= 4 is 0 Å². The summed E-state index contributed by atoms with van der Waals surface area (Å²) in [5.41, 5.74) is 1.70. The highest BCUT2D eigenvalue weighted by Crippen LogP contribution is 2.38. The fraction of sp³-hybridized carbons (Fsp3) is 0.520. The highest BCUT2D eigenvalue weighted by molar-refractivity contribution is 5.29. The normalized spacial score (nSPS) is 26.0. The molecule has 2 heterocycles. The molecule has 1 spiro atoms. The van der Waals surface area contributed by atoms with E-state index in [-0.39, 0.29) is 18.0 Å². The van der Waals surface area contributed by atoms with Crippen LogP contribution in [0.2, 0.25) is 0 Å². The first-order valence-corrected chi connectivity index (χ1v) is 11.1. The van der Waals surface area contributed by atoms with Gasteiger partial charge in [-0.2, -0.15) is 0 Å². The summed E-state index contributed by atoms with van der Waals surface area (Å²) in [6.45, 7) is 7.74. The molecule has 2 aromatic carbocycles. The van der Waals surface area contributed by atoms with Crippen LogP contribution in [0.1, 0.15) is 50.4 Å². The fourth-order valence-corrected chi connectivity index (χ4v) is 3.62. The Morgan fingerprint density at radius 1 is 0.645 bits per heavy atom. The zero-order valence-corrected chi connectivity index (χ0v) is 18.4. The maximum absolute atomic E-state index is 6.03. The third-order valence-corrected chi connectivity index (χ3v) is 5.41. The Bertz CT molecular complexity index is 715. The van der Waals surface area contributed by atoms with Crippen molar-refractivity contribution in [3.8, 4) is 11.5 Å². The summed E-state index contributed by atoms with van der Waals surface area (Å²) in [4.78, 5) is 0. The lowest BCUT2D eigenvalue weighted by Gasteiger charge is -2.43. The first kappa shape index (κ1) is 22.1. The van der Waals surface area contributed by atoms with E-state index in [1.807, 2.05) is 48.5 Å². The van der Waals surface area contributed by atoms with E-state index in [0.717, 1.165) is 48.7 Å². The first-order chi connectivity index (χ1) is 15.2. The van der Waals surface area contributed by atoms with Crippen molar-refractivity contribution in [2.24, 2.45) is 5.41 Å². The van der Waals surface area contributed by atoms with Crippen molar-refractivity contribution in [3.05, 3.63) is 59.7 Å². The Labute approximate surface area is 184 Å². The van der Waals surface area contributed by atoms with Crippen molar-refractivity contribution in [2.45, 2.75) is 39.3 Å². The molecule has 0 saturated carbocycles. The van der Waals surface area contributed by atoms with Crippen molar-refractivity contribution in [3.63, 3.8) is 0 Å². The Morgan fingerprint density at radius 3 is 1.32 bits per heavy atom. The van der Waals surface area contributed by atoms with Crippen LogP contribution in [0, 0.1) is 5.41 Å². The lowest BCUT2D eigenvalue weighted by molar-refractivity contribution is -0.307. The average Bonchev–Trinajstić information content (AvgIpc) is 2.83. The highest BCUT2D eigenvalue weighted by atomic mass is 16.7. The SMILES string of the molecule is CCCOc1ccc(C2OCC3(CO2)COC(c2ccc(OCCC)cc2)OC3)cc1. The second kappa shape index (κ2) is 10.5. The van der Waals surface area contributed by atoms with E-state index in [1.165, 1.54) is 0 Å². The van der Waals surface area contributed by atoms with Gasteiger partial charge in [0.05, 0.1) is 45.1 Å². The molecule has 0 N–H and O–H groups in total. The standard InChI is InChI=1S/C25H32O6/c1-3-13-26-21-9-5-19(6-10-21)23-28-15-25(16-29-23)17-30-24(31-18-25)20-7-11-22(12-8-20)27-14-4-2/h5-12,23-24H,3-4,13-18H2,1-2H3. The molecule has 0 radical (unpaired) electrons. The largest absolute Gasteiger partial charge is 0.494 e. The molecule has 0 aromatic heterocycles. The molecule has 0 atom stereocenters. The number of hydrogen-bond donors (Lipinski definition) is 0. The zero-order chi connectivity index (χ0) is 21.5. The van der Waals surface area contributed by atoms with Gasteiger partial charge in [-0.25, -0.2) is 0 Å². The molecule has 6 nitrogen and oxygen atoms in total. The third-order valence-electron chi connectivity index (χ3n) is 5.41. The van der Waals surface area contributed by atoms with E-state index in [2.05, 4.69) is 13.8 Å². The van der Waals surface area contributed by atoms with Gasteiger partial charge in [0.2, 0.25) is 0 Å². The highest BCUT2D eigenvalue weighted by Gasteiger charge is 2.42. The smallest absolute Gasteiger partial charge is 0.183 e. The van der Waals surface area contributed by atoms with Gasteiger partial charge in [-0.05, 0) is 37.1 Å². The Morgan fingerprint density at radius 2 is 1.00 bits per heavy atom. The molecule has 2 aliphatic heterocycles. The van der Waals surface area contributed by atoms with Gasteiger partial charge >= 0.3 is 0 Å². The van der Waals surface area contributed by atoms with Crippen molar-refractivity contribution in [1.82, 2.24) is 0 Å². The Kier molecular flexibility index (Phi) is 7.45. The van der Waals surface area contributed by atoms with E-state index in [1.54, 1.807) is 0 Å². The number of ether oxygens (including phenoxy) is 6. The monoisotopic (exact) mass is 428 g/mol. The van der Waals surface area contributed by atoms with Gasteiger partial charge in [0, 0.05) is 11.1 Å². The fourth-order valence-electron chi connectivity index (χ4n) is 3.62. The minimum atomic E-state index is -0.376. The zero-order valence-electron chi connectivity index (χ0n) is 18.4. The van der Waals surface area contributed by atoms with E-state index >= 15 is 0 Å². The number of benzene rings is 2. The predicted molar refractivity (Wildman–Crippen MR) is 116 cm³/mol. The molecule has 0 bridgehead atoms. The van der Waals surface area contributed by atoms with Crippen LogP contribution in [0.15, 0.2) is 48.5 Å². The van der Waals surface area contributed by atoms with E-state index in [9.17, 15) is 0 Å². The quantitative estimate of drug-likeness (QED) is 0.587. The molecule has 2 saturated heterocycles. The van der Waals surface area contributed by atoms with Gasteiger partial charge in [-0.3, -0.25) is 0 Å². The molecule has 0 unspecified atom stereocenters. The summed E-state index contributed by atoms with van der Waals surface area (Å²) in [6, 6.07) is 15.8. The molecule has 31 heavy (non-hydrogen) atoms. The van der Waals surface area contributed by atoms with Crippen LogP contribution < -0.4 is 9.47 Å². The Balaban J connectivity index is 1.26. The van der Waals surface area contributed by atoms with E-state index in [4.69, 9.17) is 28.4 Å². The van der Waals surface area contributed by atoms with Crippen molar-refractivity contribution in [1.29, 1.82) is 0 Å². The van der Waals surface area contributed by atoms with Gasteiger partial charge in [0.1, 0.15) is 11.5 Å². The molecule has 0 amide bonds. The summed E-state index contributed by atoms with van der Waals surface area (Å²) < 4.78 is 35.4. The van der Waals surface area contributed by atoms with Gasteiger partial charge in [0.15, 0.2) is 12.6 Å². The maximum atomic E-state index is 6.03. The van der Waals surface area contributed by atoms with Crippen LogP contribution in [0.4, 0.5) is 0 Å². The van der Waals surface area contributed by atoms with Crippen molar-refractivity contribution in [2.75, 3.05) is 39.6 Å². The molecule has 6 heteroatoms. The second-order valence-corrected chi connectivity index (χ2v) is 8.24. The van der Waals surface area contributed by atoms with Crippen LogP contribution in [-0.4, -0.2) is 39.6 Å². The van der Waals surface area contributed by atoms with Gasteiger partial charge < -0.3 is 28.4 Å². The molecular formula is C25H32O6. The molecule has 2 aliphatic rings. The molecule has 0 aliphatic carbocycles. The second-order valence-electron chi connectivity index (χ2n) is 8.24. The van der Waals surface area contributed by atoms with Crippen LogP contribution >= 0.6 is 0 Å². The van der Waals surface area contributed by atoms with Crippen molar-refractivity contribution < 1.29 is 28.4 Å². The molecule has 2 fully saturated rings. The summed E-state index contributed by atoms with van der Waals surface area (Å²) in [5.74, 6) is 1.73. The van der Waals surface area contributed by atoms with Crippen LogP contribution in [0.3, 0.4) is 0 Å². The summed E-state index contributed by atoms with van der Waals surface area (Å²) in [6.07, 6.45) is 1.23. The average molecular weight is 429 g/mol. The molecule has 2 aromatic rings. The summed E-state index contributed by atoms with van der Waals surface area (Å²) in [5, 5.41) is 0. The topological polar surface area (TPSA) is 55.4 Å². The maximum Gasteiger partial charge on any atom is 0.183 e. The van der Waals surface area contributed by atoms with Crippen LogP contribution in [0.25, 0.3) is 0 Å². The van der Waals surface area contributed by atoms with Crippen LogP contribution in [0.5, 0.6) is 11.5 Å². The number of hydrogen-bond acceptors (Lipinski definition) is 6. The molecular weight excluding hydrogens is 396 g/mol. The summed E-state index contributed by atoms with van der Waals surface area (Å²) >= 11 is 0. The third kappa shape index (κ3) is 5.57. The molecule has 168 valence electrons. The Hall–Kier alpha value is -2.12. The minimum Gasteiger partial charge on any atom is -0.494 e. The van der Waals surface area contributed by atoms with Gasteiger partial charge in [0.25, 0.3) is 0 Å². The first-order valence-electron chi connectivity index (χ1n) is 11.1. The number of rotatable bonds is 8. The van der Waals surface area contributed by atoms with E-state index < -0.39 is 0 Å². The van der Waals surface area contributed by atoms with E-state index in [0.29, 0.717) is 26.4 Å². The van der Waals surface area contributed by atoms with Crippen LogP contribution in [-0.2, 0) is 18.9 Å². The minimum absolute atomic E-state index is 0.276.